The summed E-state index contributed by atoms with van der Waals surface area (Å²) in [5.41, 5.74) is 1.30. The van der Waals surface area contributed by atoms with Crippen molar-refractivity contribution in [1.82, 2.24) is 10.2 Å². The Morgan fingerprint density at radius 3 is 2.71 bits per heavy atom. The van der Waals surface area contributed by atoms with Gasteiger partial charge in [0.2, 0.25) is 0 Å². The van der Waals surface area contributed by atoms with Crippen LogP contribution in [0.15, 0.2) is 11.8 Å². The summed E-state index contributed by atoms with van der Waals surface area (Å²) in [6, 6.07) is 0.208. The second kappa shape index (κ2) is 4.49. The van der Waals surface area contributed by atoms with E-state index in [4.69, 9.17) is 0 Å². The maximum absolute atomic E-state index is 11.5. The molecule has 0 aromatic rings. The van der Waals surface area contributed by atoms with Gasteiger partial charge in [-0.1, -0.05) is 20.8 Å². The van der Waals surface area contributed by atoms with Crippen molar-refractivity contribution < 1.29 is 4.79 Å². The zero-order valence-corrected chi connectivity index (χ0v) is 9.50. The van der Waals surface area contributed by atoms with E-state index in [2.05, 4.69) is 26.1 Å². The Morgan fingerprint density at radius 2 is 2.21 bits per heavy atom. The molecule has 3 nitrogen and oxygen atoms in total. The number of hydrogen-bond acceptors (Lipinski definition) is 1. The molecule has 1 heterocycles. The third-order valence-corrected chi connectivity index (χ3v) is 2.54. The molecule has 14 heavy (non-hydrogen) atoms. The smallest absolute Gasteiger partial charge is 0.321 e. The molecule has 0 saturated carbocycles. The van der Waals surface area contributed by atoms with Crippen LogP contribution in [-0.4, -0.2) is 23.5 Å². The van der Waals surface area contributed by atoms with E-state index in [1.165, 1.54) is 5.57 Å². The van der Waals surface area contributed by atoms with Gasteiger partial charge in [-0.15, -0.1) is 0 Å². The Balaban J connectivity index is 2.82. The predicted molar refractivity (Wildman–Crippen MR) is 57.9 cm³/mol. The Kier molecular flexibility index (Phi) is 3.55. The van der Waals surface area contributed by atoms with Crippen molar-refractivity contribution in [2.75, 3.05) is 6.54 Å². The molecule has 1 unspecified atom stereocenters. The molecular weight excluding hydrogens is 176 g/mol. The van der Waals surface area contributed by atoms with Gasteiger partial charge in [-0.3, -0.25) is 0 Å². The fourth-order valence-electron chi connectivity index (χ4n) is 1.76. The van der Waals surface area contributed by atoms with Gasteiger partial charge in [0.25, 0.3) is 0 Å². The normalized spacial score (nSPS) is 22.4. The van der Waals surface area contributed by atoms with Crippen LogP contribution >= 0.6 is 0 Å². The molecular formula is C11H20N2O. The summed E-state index contributed by atoms with van der Waals surface area (Å²) in [6.07, 6.45) is 3.00. The van der Waals surface area contributed by atoms with Gasteiger partial charge in [0, 0.05) is 12.7 Å². The van der Waals surface area contributed by atoms with E-state index >= 15 is 0 Å². The maximum Gasteiger partial charge on any atom is 0.321 e. The molecule has 0 saturated heterocycles. The topological polar surface area (TPSA) is 32.3 Å². The maximum atomic E-state index is 11.5. The summed E-state index contributed by atoms with van der Waals surface area (Å²) >= 11 is 0. The highest BCUT2D eigenvalue weighted by atomic mass is 16.2. The predicted octanol–water partition coefficient (Wildman–Crippen LogP) is 2.35. The molecule has 1 atom stereocenters. The lowest BCUT2D eigenvalue weighted by atomic mass is 9.96. The largest absolute Gasteiger partial charge is 0.331 e. The Morgan fingerprint density at radius 1 is 1.57 bits per heavy atom. The lowest BCUT2D eigenvalue weighted by molar-refractivity contribution is 0.207. The summed E-state index contributed by atoms with van der Waals surface area (Å²) in [4.78, 5) is 13.3. The lowest BCUT2D eigenvalue weighted by Gasteiger charge is -2.31. The summed E-state index contributed by atoms with van der Waals surface area (Å²) in [5, 5.41) is 2.96. The fourth-order valence-corrected chi connectivity index (χ4v) is 1.76. The molecule has 0 bridgehead atoms. The highest BCUT2D eigenvalue weighted by molar-refractivity contribution is 5.77. The summed E-state index contributed by atoms with van der Waals surface area (Å²) in [6.45, 7) is 9.23. The van der Waals surface area contributed by atoms with Crippen molar-refractivity contribution in [3.8, 4) is 0 Å². The number of carbonyl (C=O) groups excluding carboxylic acids is 1. The van der Waals surface area contributed by atoms with E-state index < -0.39 is 0 Å². The van der Waals surface area contributed by atoms with Crippen molar-refractivity contribution in [3.05, 3.63) is 11.8 Å². The molecule has 0 aromatic heterocycles. The van der Waals surface area contributed by atoms with E-state index in [-0.39, 0.29) is 12.1 Å². The first-order chi connectivity index (χ1) is 6.56. The average molecular weight is 196 g/mol. The molecule has 80 valence electrons. The second-order valence-corrected chi connectivity index (χ2v) is 4.15. The molecule has 0 radical (unpaired) electrons. The van der Waals surface area contributed by atoms with Crippen molar-refractivity contribution in [1.29, 1.82) is 0 Å². The Bertz CT molecular complexity index is 246. The molecule has 0 spiro atoms. The molecule has 1 aliphatic rings. The van der Waals surface area contributed by atoms with Gasteiger partial charge >= 0.3 is 6.03 Å². The number of nitrogens with one attached hydrogen (secondary N) is 1. The Labute approximate surface area is 86.2 Å². The van der Waals surface area contributed by atoms with Crippen LogP contribution in [0, 0.1) is 5.92 Å². The third-order valence-electron chi connectivity index (χ3n) is 2.54. The van der Waals surface area contributed by atoms with Crippen LogP contribution in [0.5, 0.6) is 0 Å². The minimum Gasteiger partial charge on any atom is -0.331 e. The fraction of sp³-hybridized carbons (Fsp3) is 0.727. The number of amides is 2. The van der Waals surface area contributed by atoms with Crippen LogP contribution in [0.3, 0.4) is 0 Å². The van der Waals surface area contributed by atoms with Crippen molar-refractivity contribution >= 4 is 6.03 Å². The van der Waals surface area contributed by atoms with Gasteiger partial charge in [0.15, 0.2) is 0 Å². The summed E-state index contributed by atoms with van der Waals surface area (Å²) in [7, 11) is 0. The first-order valence-electron chi connectivity index (χ1n) is 5.35. The van der Waals surface area contributed by atoms with Gasteiger partial charge in [0.05, 0.1) is 6.04 Å². The van der Waals surface area contributed by atoms with Crippen molar-refractivity contribution in [3.63, 3.8) is 0 Å². The monoisotopic (exact) mass is 196 g/mol. The van der Waals surface area contributed by atoms with Gasteiger partial charge < -0.3 is 10.2 Å². The zero-order chi connectivity index (χ0) is 10.7. The van der Waals surface area contributed by atoms with Gasteiger partial charge in [-0.2, -0.15) is 0 Å². The van der Waals surface area contributed by atoms with Crippen LogP contribution in [0.2, 0.25) is 0 Å². The SMILES string of the molecule is CCCN1C=C(C(C)C)C(C)NC1=O. The van der Waals surface area contributed by atoms with Gasteiger partial charge in [0.1, 0.15) is 0 Å². The van der Waals surface area contributed by atoms with E-state index in [1.54, 1.807) is 4.90 Å². The number of nitrogens with zero attached hydrogens (tertiary/aromatic N) is 1. The van der Waals surface area contributed by atoms with E-state index in [9.17, 15) is 4.79 Å². The van der Waals surface area contributed by atoms with Crippen LogP contribution in [0.4, 0.5) is 4.79 Å². The molecule has 3 heteroatoms. The van der Waals surface area contributed by atoms with Crippen LogP contribution in [-0.2, 0) is 0 Å². The molecule has 0 aliphatic carbocycles. The molecule has 2 amide bonds. The highest BCUT2D eigenvalue weighted by Crippen LogP contribution is 2.19. The molecule has 1 rings (SSSR count). The first-order valence-corrected chi connectivity index (χ1v) is 5.35. The summed E-state index contributed by atoms with van der Waals surface area (Å²) < 4.78 is 0. The molecule has 0 fully saturated rings. The molecule has 1 N–H and O–H groups in total. The quantitative estimate of drug-likeness (QED) is 0.738. The van der Waals surface area contributed by atoms with Crippen molar-refractivity contribution in [2.45, 2.75) is 40.2 Å². The second-order valence-electron chi connectivity index (χ2n) is 4.15. The van der Waals surface area contributed by atoms with E-state index in [0.29, 0.717) is 5.92 Å². The minimum absolute atomic E-state index is 0.0313. The standard InChI is InChI=1S/C11H20N2O/c1-5-6-13-7-10(8(2)3)9(4)12-11(13)14/h7-9H,5-6H2,1-4H3,(H,12,14). The lowest BCUT2D eigenvalue weighted by Crippen LogP contribution is -2.47. The number of carbonyl (C=O) groups is 1. The number of rotatable bonds is 3. The van der Waals surface area contributed by atoms with E-state index in [0.717, 1.165) is 13.0 Å². The first kappa shape index (κ1) is 11.1. The van der Waals surface area contributed by atoms with Gasteiger partial charge in [-0.05, 0) is 24.8 Å². The number of hydrogen-bond donors (Lipinski definition) is 1. The molecule has 0 aromatic carbocycles. The van der Waals surface area contributed by atoms with E-state index in [1.807, 2.05) is 13.1 Å². The Hall–Kier alpha value is -0.990. The highest BCUT2D eigenvalue weighted by Gasteiger charge is 2.24. The van der Waals surface area contributed by atoms with Crippen LogP contribution in [0.1, 0.15) is 34.1 Å². The third kappa shape index (κ3) is 2.28. The molecule has 1 aliphatic heterocycles. The van der Waals surface area contributed by atoms with Crippen LogP contribution in [0.25, 0.3) is 0 Å². The zero-order valence-electron chi connectivity index (χ0n) is 9.50. The minimum atomic E-state index is 0.0313. The van der Waals surface area contributed by atoms with Gasteiger partial charge in [-0.25, -0.2) is 4.79 Å². The van der Waals surface area contributed by atoms with Crippen molar-refractivity contribution in [2.24, 2.45) is 5.92 Å². The summed E-state index contributed by atoms with van der Waals surface area (Å²) in [5.74, 6) is 0.491. The average Bonchev–Trinajstić information content (AvgIpc) is 2.09. The van der Waals surface area contributed by atoms with Crippen LogP contribution < -0.4 is 5.32 Å². The number of urea groups is 1.